The second-order valence-electron chi connectivity index (χ2n) is 6.40. The summed E-state index contributed by atoms with van der Waals surface area (Å²) in [6, 6.07) is 8.44. The Kier molecular flexibility index (Phi) is 11.4. The van der Waals surface area contributed by atoms with Crippen LogP contribution in [0.2, 0.25) is 0 Å². The Hall–Kier alpha value is -1.39. The zero-order valence-corrected chi connectivity index (χ0v) is 20.5. The lowest BCUT2D eigenvalue weighted by molar-refractivity contribution is 0.298. The van der Waals surface area contributed by atoms with E-state index in [1.54, 1.807) is 18.4 Å². The number of ether oxygens (including phenoxy) is 1. The van der Waals surface area contributed by atoms with Gasteiger partial charge in [0.05, 0.1) is 19.7 Å². The lowest BCUT2D eigenvalue weighted by Gasteiger charge is -2.26. The molecule has 0 saturated heterocycles. The van der Waals surface area contributed by atoms with Gasteiger partial charge in [-0.3, -0.25) is 0 Å². The van der Waals surface area contributed by atoms with E-state index in [-0.39, 0.29) is 30.0 Å². The molecule has 0 radical (unpaired) electrons. The third kappa shape index (κ3) is 7.56. The maximum Gasteiger partial charge on any atom is 0.191 e. The van der Waals surface area contributed by atoms with E-state index in [2.05, 4.69) is 65.6 Å². The highest BCUT2D eigenvalue weighted by atomic mass is 127. The normalized spacial score (nSPS) is 12.4. The van der Waals surface area contributed by atoms with Gasteiger partial charge in [0, 0.05) is 24.2 Å². The number of halogens is 1. The van der Waals surface area contributed by atoms with E-state index in [1.165, 1.54) is 10.4 Å². The zero-order chi connectivity index (χ0) is 19.6. The molecule has 0 fully saturated rings. The highest BCUT2D eigenvalue weighted by molar-refractivity contribution is 14.0. The fourth-order valence-electron chi connectivity index (χ4n) is 2.69. The molecule has 2 aromatic rings. The summed E-state index contributed by atoms with van der Waals surface area (Å²) < 4.78 is 5.26. The summed E-state index contributed by atoms with van der Waals surface area (Å²) in [5, 5.41) is 7.82. The minimum absolute atomic E-state index is 0. The Bertz CT molecular complexity index is 718. The van der Waals surface area contributed by atoms with E-state index in [1.807, 2.05) is 18.3 Å². The van der Waals surface area contributed by atoms with Crippen molar-refractivity contribution < 1.29 is 4.74 Å². The first kappa shape index (κ1) is 24.6. The highest BCUT2D eigenvalue weighted by Gasteiger charge is 2.15. The van der Waals surface area contributed by atoms with Gasteiger partial charge in [0.25, 0.3) is 0 Å². The van der Waals surface area contributed by atoms with Crippen molar-refractivity contribution in [1.29, 1.82) is 0 Å². The molecule has 0 spiro atoms. The van der Waals surface area contributed by atoms with Crippen molar-refractivity contribution in [2.75, 3.05) is 34.3 Å². The van der Waals surface area contributed by atoms with Crippen LogP contribution in [0, 0.1) is 0 Å². The Labute approximate surface area is 189 Å². The molecule has 6 nitrogen and oxygen atoms in total. The fraction of sp³-hybridized carbons (Fsp3) is 0.500. The van der Waals surface area contributed by atoms with Crippen molar-refractivity contribution in [3.63, 3.8) is 0 Å². The first-order chi connectivity index (χ1) is 13.1. The van der Waals surface area contributed by atoms with Crippen LogP contribution < -0.4 is 15.4 Å². The van der Waals surface area contributed by atoms with Crippen LogP contribution in [0.4, 0.5) is 0 Å². The van der Waals surface area contributed by atoms with Crippen LogP contribution in [-0.2, 0) is 13.0 Å². The molecular formula is C20H32IN5OS. The summed E-state index contributed by atoms with van der Waals surface area (Å²) in [5.41, 5.74) is 1.23. The number of likely N-dealkylation sites (N-methyl/N-ethyl adjacent to an activating group) is 1. The summed E-state index contributed by atoms with van der Waals surface area (Å²) in [6.07, 6.45) is 2.97. The van der Waals surface area contributed by atoms with Gasteiger partial charge < -0.3 is 20.3 Å². The van der Waals surface area contributed by atoms with Gasteiger partial charge in [-0.25, -0.2) is 9.98 Å². The molecule has 28 heavy (non-hydrogen) atoms. The molecule has 0 aliphatic rings. The number of nitrogens with zero attached hydrogens (tertiary/aromatic N) is 3. The number of aliphatic imine (C=N–C) groups is 1. The fourth-order valence-corrected chi connectivity index (χ4v) is 3.48. The predicted molar refractivity (Wildman–Crippen MR) is 129 cm³/mol. The molecule has 0 saturated carbocycles. The molecular weight excluding hydrogens is 485 g/mol. The van der Waals surface area contributed by atoms with E-state index in [0.29, 0.717) is 6.54 Å². The number of aryl methyl sites for hydroxylation is 1. The molecule has 8 heteroatoms. The first-order valence-corrected chi connectivity index (χ1v) is 10.1. The number of aromatic nitrogens is 1. The van der Waals surface area contributed by atoms with Crippen LogP contribution in [0.25, 0.3) is 0 Å². The van der Waals surface area contributed by atoms with Crippen LogP contribution in [0.15, 0.2) is 35.5 Å². The standard InChI is InChI=1S/C20H31N5OS.HI/c1-6-17-12-22-19(27-17)14-24-20(21-7-2)23-13-18(25(3)4)15-8-10-16(26-5)11-9-15;/h8-12,18H,6-7,13-14H2,1-5H3,(H2,21,23,24);1H. The molecule has 0 aliphatic heterocycles. The maximum atomic E-state index is 5.26. The van der Waals surface area contributed by atoms with Crippen molar-refractivity contribution in [3.05, 3.63) is 45.9 Å². The molecule has 0 amide bonds. The molecule has 156 valence electrons. The lowest BCUT2D eigenvalue weighted by atomic mass is 10.1. The topological polar surface area (TPSA) is 61.8 Å². The highest BCUT2D eigenvalue weighted by Crippen LogP contribution is 2.20. The third-order valence-electron chi connectivity index (χ3n) is 4.25. The molecule has 1 unspecified atom stereocenters. The van der Waals surface area contributed by atoms with Crippen molar-refractivity contribution in [2.24, 2.45) is 4.99 Å². The number of hydrogen-bond donors (Lipinski definition) is 2. The molecule has 2 rings (SSSR count). The van der Waals surface area contributed by atoms with Crippen LogP contribution in [-0.4, -0.2) is 50.1 Å². The van der Waals surface area contributed by atoms with E-state index >= 15 is 0 Å². The second kappa shape index (κ2) is 12.9. The van der Waals surface area contributed by atoms with Gasteiger partial charge in [-0.05, 0) is 45.1 Å². The van der Waals surface area contributed by atoms with Gasteiger partial charge >= 0.3 is 0 Å². The zero-order valence-electron chi connectivity index (χ0n) is 17.4. The molecule has 2 N–H and O–H groups in total. The van der Waals surface area contributed by atoms with Crippen LogP contribution >= 0.6 is 35.3 Å². The predicted octanol–water partition coefficient (Wildman–Crippen LogP) is 3.69. The Morgan fingerprint density at radius 2 is 1.93 bits per heavy atom. The quantitative estimate of drug-likeness (QED) is 0.302. The largest absolute Gasteiger partial charge is 0.497 e. The minimum atomic E-state index is 0. The summed E-state index contributed by atoms with van der Waals surface area (Å²) in [5.74, 6) is 1.68. The number of nitrogens with one attached hydrogen (secondary N) is 2. The van der Waals surface area contributed by atoms with Gasteiger partial charge in [0.15, 0.2) is 5.96 Å². The van der Waals surface area contributed by atoms with E-state index < -0.39 is 0 Å². The van der Waals surface area contributed by atoms with Gasteiger partial charge in [-0.1, -0.05) is 19.1 Å². The van der Waals surface area contributed by atoms with Crippen LogP contribution in [0.3, 0.4) is 0 Å². The molecule has 0 aliphatic carbocycles. The first-order valence-electron chi connectivity index (χ1n) is 9.33. The van der Waals surface area contributed by atoms with Crippen molar-refractivity contribution in [3.8, 4) is 5.75 Å². The Morgan fingerprint density at radius 1 is 1.21 bits per heavy atom. The Balaban J connectivity index is 0.00000392. The summed E-state index contributed by atoms with van der Waals surface area (Å²) in [7, 11) is 5.86. The molecule has 0 bridgehead atoms. The van der Waals surface area contributed by atoms with Crippen molar-refractivity contribution in [2.45, 2.75) is 32.9 Å². The molecule has 1 heterocycles. The van der Waals surface area contributed by atoms with Gasteiger partial charge in [-0.2, -0.15) is 0 Å². The van der Waals surface area contributed by atoms with Crippen molar-refractivity contribution >= 4 is 41.3 Å². The summed E-state index contributed by atoms with van der Waals surface area (Å²) in [6.45, 7) is 6.38. The van der Waals surface area contributed by atoms with E-state index in [9.17, 15) is 0 Å². The summed E-state index contributed by atoms with van der Waals surface area (Å²) in [4.78, 5) is 12.6. The van der Waals surface area contributed by atoms with E-state index in [4.69, 9.17) is 4.74 Å². The monoisotopic (exact) mass is 517 g/mol. The molecule has 1 aromatic heterocycles. The Morgan fingerprint density at radius 3 is 2.46 bits per heavy atom. The number of methoxy groups -OCH3 is 1. The molecule has 1 aromatic carbocycles. The van der Waals surface area contributed by atoms with Crippen molar-refractivity contribution in [1.82, 2.24) is 20.5 Å². The smallest absolute Gasteiger partial charge is 0.191 e. The number of guanidine groups is 1. The number of thiazole rings is 1. The van der Waals surface area contributed by atoms with Gasteiger partial charge in [0.2, 0.25) is 0 Å². The van der Waals surface area contributed by atoms with Gasteiger partial charge in [-0.15, -0.1) is 35.3 Å². The number of benzene rings is 1. The average molecular weight is 517 g/mol. The molecule has 1 atom stereocenters. The SMILES string of the molecule is CCNC(=NCc1ncc(CC)s1)NCC(c1ccc(OC)cc1)N(C)C.I. The lowest BCUT2D eigenvalue weighted by Crippen LogP contribution is -2.41. The minimum Gasteiger partial charge on any atom is -0.497 e. The average Bonchev–Trinajstić information content (AvgIpc) is 3.14. The second-order valence-corrected chi connectivity index (χ2v) is 7.60. The number of rotatable bonds is 9. The van der Waals surface area contributed by atoms with Crippen LogP contribution in [0.1, 0.15) is 35.3 Å². The van der Waals surface area contributed by atoms with Gasteiger partial charge in [0.1, 0.15) is 10.8 Å². The van der Waals surface area contributed by atoms with E-state index in [0.717, 1.165) is 36.2 Å². The maximum absolute atomic E-state index is 5.26. The third-order valence-corrected chi connectivity index (χ3v) is 5.38. The van der Waals surface area contributed by atoms with Crippen LogP contribution in [0.5, 0.6) is 5.75 Å². The summed E-state index contributed by atoms with van der Waals surface area (Å²) >= 11 is 1.73. The number of hydrogen-bond acceptors (Lipinski definition) is 5.